The molecule has 1 amide bonds. The fourth-order valence-corrected chi connectivity index (χ4v) is 3.00. The number of hydrogen-bond acceptors (Lipinski definition) is 4. The molecule has 2 atom stereocenters. The summed E-state index contributed by atoms with van der Waals surface area (Å²) in [6, 6.07) is 15.9. The van der Waals surface area contributed by atoms with Crippen LogP contribution in [0, 0.1) is 0 Å². The van der Waals surface area contributed by atoms with Gasteiger partial charge in [0.25, 0.3) is 0 Å². The van der Waals surface area contributed by atoms with Crippen molar-refractivity contribution in [1.82, 2.24) is 5.32 Å². The van der Waals surface area contributed by atoms with E-state index in [-0.39, 0.29) is 24.3 Å². The first-order valence-corrected chi connectivity index (χ1v) is 9.22. The van der Waals surface area contributed by atoms with Crippen molar-refractivity contribution >= 4 is 11.9 Å². The number of carboxylic acid groups (broad SMARTS) is 1. The lowest BCUT2D eigenvalue weighted by atomic mass is 9.94. The summed E-state index contributed by atoms with van der Waals surface area (Å²) in [6.07, 6.45) is 0.377. The van der Waals surface area contributed by atoms with Crippen LogP contribution in [0.2, 0.25) is 0 Å². The molecule has 2 aromatic rings. The summed E-state index contributed by atoms with van der Waals surface area (Å²) >= 11 is 0. The van der Waals surface area contributed by atoms with E-state index >= 15 is 0 Å². The van der Waals surface area contributed by atoms with Crippen LogP contribution in [0.3, 0.4) is 0 Å². The van der Waals surface area contributed by atoms with Gasteiger partial charge in [-0.2, -0.15) is 0 Å². The van der Waals surface area contributed by atoms with E-state index in [0.717, 1.165) is 5.56 Å². The second-order valence-electron chi connectivity index (χ2n) is 6.74. The molecule has 144 valence electrons. The fraction of sp³-hybridized carbons (Fsp3) is 0.364. The largest absolute Gasteiger partial charge is 0.550 e. The zero-order valence-corrected chi connectivity index (χ0v) is 16.0. The molecule has 0 saturated heterocycles. The summed E-state index contributed by atoms with van der Waals surface area (Å²) in [5.41, 5.74) is 1.61. The Morgan fingerprint density at radius 2 is 1.63 bits per heavy atom. The molecule has 27 heavy (non-hydrogen) atoms. The van der Waals surface area contributed by atoms with Gasteiger partial charge in [-0.1, -0.05) is 49.4 Å². The molecular formula is C22H26NO4-. The van der Waals surface area contributed by atoms with Crippen LogP contribution in [0.4, 0.5) is 0 Å². The number of nitrogens with one attached hydrogen (secondary N) is 1. The minimum absolute atomic E-state index is 0.0470. The van der Waals surface area contributed by atoms with Gasteiger partial charge in [0, 0.05) is 12.4 Å². The number of carbonyl (C=O) groups is 2. The highest BCUT2D eigenvalue weighted by Gasteiger charge is 2.22. The van der Waals surface area contributed by atoms with Crippen molar-refractivity contribution in [2.24, 2.45) is 0 Å². The number of carboxylic acids is 1. The number of aliphatic carboxylic acids is 1. The minimum Gasteiger partial charge on any atom is -0.550 e. The topological polar surface area (TPSA) is 78.5 Å². The molecule has 0 aliphatic carbocycles. The highest BCUT2D eigenvalue weighted by atomic mass is 16.5. The molecule has 0 saturated carbocycles. The van der Waals surface area contributed by atoms with Gasteiger partial charge in [-0.25, -0.2) is 0 Å². The zero-order valence-electron chi connectivity index (χ0n) is 16.0. The third-order valence-electron chi connectivity index (χ3n) is 4.27. The van der Waals surface area contributed by atoms with Crippen molar-refractivity contribution < 1.29 is 19.4 Å². The van der Waals surface area contributed by atoms with Crippen molar-refractivity contribution in [3.8, 4) is 5.75 Å². The van der Waals surface area contributed by atoms with Gasteiger partial charge in [0.2, 0.25) is 5.91 Å². The summed E-state index contributed by atoms with van der Waals surface area (Å²) < 4.78 is 5.61. The van der Waals surface area contributed by atoms with Gasteiger partial charge in [0.1, 0.15) is 5.75 Å². The molecule has 0 fully saturated rings. The minimum atomic E-state index is -1.21. The molecule has 5 heteroatoms. The molecule has 0 aliphatic heterocycles. The molecule has 0 heterocycles. The lowest BCUT2D eigenvalue weighted by Crippen LogP contribution is -2.36. The third-order valence-corrected chi connectivity index (χ3v) is 4.27. The molecule has 0 bridgehead atoms. The Balaban J connectivity index is 2.18. The number of carbonyl (C=O) groups excluding carboxylic acids is 2. The molecule has 0 radical (unpaired) electrons. The van der Waals surface area contributed by atoms with Crippen LogP contribution in [0.25, 0.3) is 0 Å². The van der Waals surface area contributed by atoms with Gasteiger partial charge in [0.05, 0.1) is 18.1 Å². The van der Waals surface area contributed by atoms with Crippen LogP contribution in [0.5, 0.6) is 5.75 Å². The van der Waals surface area contributed by atoms with Crippen LogP contribution < -0.4 is 15.2 Å². The predicted molar refractivity (Wildman–Crippen MR) is 102 cm³/mol. The van der Waals surface area contributed by atoms with Gasteiger partial charge in [-0.3, -0.25) is 4.79 Å². The predicted octanol–water partition coefficient (Wildman–Crippen LogP) is 2.96. The Hall–Kier alpha value is -2.82. The van der Waals surface area contributed by atoms with Crippen molar-refractivity contribution in [2.75, 3.05) is 0 Å². The Bertz CT molecular complexity index is 741. The summed E-state index contributed by atoms with van der Waals surface area (Å²) in [5.74, 6) is -1.05. The molecule has 0 aromatic heterocycles. The van der Waals surface area contributed by atoms with Crippen LogP contribution in [-0.4, -0.2) is 18.0 Å². The standard InChI is InChI=1S/C22H27NO4/c1-4-19(16-8-6-5-7-9-16)22(26)23-20(14-21(24)25)17-10-12-18(13-11-17)27-15(2)3/h5-13,15,19-20H,4,14H2,1-3H3,(H,23,26)(H,24,25)/p-1/t19-,20+/m1/s1. The van der Waals surface area contributed by atoms with E-state index in [2.05, 4.69) is 5.32 Å². The fourth-order valence-electron chi connectivity index (χ4n) is 3.00. The van der Waals surface area contributed by atoms with Crippen LogP contribution in [0.15, 0.2) is 54.6 Å². The normalized spacial score (nSPS) is 13.0. The van der Waals surface area contributed by atoms with Crippen molar-refractivity contribution in [2.45, 2.75) is 51.7 Å². The summed E-state index contributed by atoms with van der Waals surface area (Å²) in [6.45, 7) is 5.80. The molecule has 2 rings (SSSR count). The van der Waals surface area contributed by atoms with Gasteiger partial charge in [0.15, 0.2) is 0 Å². The summed E-state index contributed by atoms with van der Waals surface area (Å²) in [5, 5.41) is 14.1. The first-order chi connectivity index (χ1) is 12.9. The first-order valence-electron chi connectivity index (χ1n) is 9.22. The quantitative estimate of drug-likeness (QED) is 0.738. The van der Waals surface area contributed by atoms with Crippen molar-refractivity contribution in [3.63, 3.8) is 0 Å². The van der Waals surface area contributed by atoms with E-state index in [1.54, 1.807) is 24.3 Å². The van der Waals surface area contributed by atoms with Gasteiger partial charge >= 0.3 is 0 Å². The average Bonchev–Trinajstić information content (AvgIpc) is 2.62. The maximum absolute atomic E-state index is 12.8. The lowest BCUT2D eigenvalue weighted by molar-refractivity contribution is -0.306. The van der Waals surface area contributed by atoms with E-state index in [1.165, 1.54) is 0 Å². The number of benzene rings is 2. The van der Waals surface area contributed by atoms with Crippen LogP contribution in [0.1, 0.15) is 56.7 Å². The second kappa shape index (κ2) is 9.76. The zero-order chi connectivity index (χ0) is 19.8. The molecular weight excluding hydrogens is 342 g/mol. The van der Waals surface area contributed by atoms with Crippen molar-refractivity contribution in [1.29, 1.82) is 0 Å². The smallest absolute Gasteiger partial charge is 0.228 e. The molecule has 0 aliphatic rings. The number of rotatable bonds is 9. The van der Waals surface area contributed by atoms with Gasteiger partial charge in [-0.05, 0) is 43.5 Å². The van der Waals surface area contributed by atoms with E-state index in [4.69, 9.17) is 4.74 Å². The Morgan fingerprint density at radius 3 is 2.15 bits per heavy atom. The van der Waals surface area contributed by atoms with E-state index in [1.807, 2.05) is 51.1 Å². The summed E-state index contributed by atoms with van der Waals surface area (Å²) in [4.78, 5) is 24.0. The summed E-state index contributed by atoms with van der Waals surface area (Å²) in [7, 11) is 0. The van der Waals surface area contributed by atoms with E-state index in [9.17, 15) is 14.7 Å². The maximum Gasteiger partial charge on any atom is 0.228 e. The lowest BCUT2D eigenvalue weighted by Gasteiger charge is -2.23. The molecule has 0 unspecified atom stereocenters. The van der Waals surface area contributed by atoms with E-state index in [0.29, 0.717) is 17.7 Å². The van der Waals surface area contributed by atoms with Gasteiger partial charge < -0.3 is 20.0 Å². The number of amides is 1. The van der Waals surface area contributed by atoms with Crippen molar-refractivity contribution in [3.05, 3.63) is 65.7 Å². The molecule has 5 nitrogen and oxygen atoms in total. The molecule has 1 N–H and O–H groups in total. The number of hydrogen-bond donors (Lipinski definition) is 1. The third kappa shape index (κ3) is 6.13. The van der Waals surface area contributed by atoms with Crippen LogP contribution in [-0.2, 0) is 9.59 Å². The SMILES string of the molecule is CC[C@@H](C(=O)N[C@@H](CC(=O)[O-])c1ccc(OC(C)C)cc1)c1ccccc1. The molecule has 2 aromatic carbocycles. The average molecular weight is 368 g/mol. The van der Waals surface area contributed by atoms with Crippen LogP contribution >= 0.6 is 0 Å². The highest BCUT2D eigenvalue weighted by molar-refractivity contribution is 5.84. The Labute approximate surface area is 160 Å². The Morgan fingerprint density at radius 1 is 1.00 bits per heavy atom. The second-order valence-corrected chi connectivity index (χ2v) is 6.74. The monoisotopic (exact) mass is 368 g/mol. The van der Waals surface area contributed by atoms with Gasteiger partial charge in [-0.15, -0.1) is 0 Å². The first kappa shape index (κ1) is 20.5. The Kier molecular flexibility index (Phi) is 7.41. The maximum atomic E-state index is 12.8. The van der Waals surface area contributed by atoms with E-state index < -0.39 is 12.0 Å². The molecule has 0 spiro atoms. The number of ether oxygens (including phenoxy) is 1. The highest BCUT2D eigenvalue weighted by Crippen LogP contribution is 2.24.